The minimum Gasteiger partial charge on any atom is -0.338 e. The lowest BCUT2D eigenvalue weighted by molar-refractivity contribution is -0.140. The molecule has 1 saturated heterocycles. The fraction of sp³-hybridized carbons (Fsp3) is 0.257. The van der Waals surface area contributed by atoms with E-state index in [1.165, 1.54) is 40.3 Å². The van der Waals surface area contributed by atoms with Gasteiger partial charge in [0.2, 0.25) is 5.95 Å². The Morgan fingerprint density at radius 3 is 2.37 bits per heavy atom. The number of aromatic nitrogens is 6. The van der Waals surface area contributed by atoms with Crippen LogP contribution in [0, 0.1) is 11.2 Å². The smallest absolute Gasteiger partial charge is 0.338 e. The summed E-state index contributed by atoms with van der Waals surface area (Å²) < 4.78 is 97.2. The van der Waals surface area contributed by atoms with Crippen molar-refractivity contribution in [3.05, 3.63) is 119 Å². The van der Waals surface area contributed by atoms with Crippen LogP contribution in [0.2, 0.25) is 0 Å². The lowest BCUT2D eigenvalue weighted by Crippen LogP contribution is -2.44. The average Bonchev–Trinajstić information content (AvgIpc) is 3.87. The Labute approximate surface area is 301 Å². The molecule has 5 aromatic rings. The fourth-order valence-electron chi connectivity index (χ4n) is 6.45. The molecule has 54 heavy (non-hydrogen) atoms. The Kier molecular flexibility index (Phi) is 9.10. The van der Waals surface area contributed by atoms with Gasteiger partial charge in [-0.15, -0.1) is 0 Å². The second-order valence-electron chi connectivity index (χ2n) is 12.7. The van der Waals surface area contributed by atoms with Crippen molar-refractivity contribution in [3.63, 3.8) is 0 Å². The molecule has 19 heteroatoms. The highest BCUT2D eigenvalue weighted by Gasteiger charge is 2.51. The molecule has 0 unspecified atom stereocenters. The van der Waals surface area contributed by atoms with Gasteiger partial charge in [0.15, 0.2) is 11.8 Å². The molecule has 2 aliphatic heterocycles. The van der Waals surface area contributed by atoms with Gasteiger partial charge in [-0.05, 0) is 54.3 Å². The summed E-state index contributed by atoms with van der Waals surface area (Å²) in [6.45, 7) is -0.738. The van der Waals surface area contributed by atoms with Gasteiger partial charge in [-0.25, -0.2) is 29.0 Å². The summed E-state index contributed by atoms with van der Waals surface area (Å²) in [6, 6.07) is 8.91. The SMILES string of the molecule is N=C1N[C@](CCCC(F)(F)F)(c2ccc(F)cc2)C(=O)N1Cc1ccc(C(F)(F)F)c(C(=O)N2Cc3cnc(-c4cnc(-n5cccn5)nc4)nc3C2)c1. The number of nitrogens with one attached hydrogen (secondary N) is 2. The average molecular weight is 753 g/mol. The van der Waals surface area contributed by atoms with Gasteiger partial charge >= 0.3 is 12.4 Å². The number of amides is 2. The van der Waals surface area contributed by atoms with Crippen molar-refractivity contribution < 1.29 is 40.3 Å². The minimum atomic E-state index is -4.95. The second-order valence-corrected chi connectivity index (χ2v) is 12.7. The summed E-state index contributed by atoms with van der Waals surface area (Å²) in [4.78, 5) is 47.1. The first kappa shape index (κ1) is 36.1. The fourth-order valence-corrected chi connectivity index (χ4v) is 6.45. The number of halogens is 7. The van der Waals surface area contributed by atoms with E-state index in [0.717, 1.165) is 29.2 Å². The van der Waals surface area contributed by atoms with Gasteiger partial charge in [0, 0.05) is 49.5 Å². The van der Waals surface area contributed by atoms with E-state index in [1.807, 2.05) is 0 Å². The van der Waals surface area contributed by atoms with Crippen molar-refractivity contribution >= 4 is 17.8 Å². The van der Waals surface area contributed by atoms with Crippen molar-refractivity contribution in [2.75, 3.05) is 0 Å². The first-order valence-electron chi connectivity index (χ1n) is 16.3. The van der Waals surface area contributed by atoms with E-state index in [1.54, 1.807) is 18.5 Å². The van der Waals surface area contributed by atoms with Gasteiger partial charge < -0.3 is 10.2 Å². The third-order valence-electron chi connectivity index (χ3n) is 9.07. The van der Waals surface area contributed by atoms with Crippen molar-refractivity contribution in [2.45, 2.75) is 56.8 Å². The third kappa shape index (κ3) is 7.07. The molecule has 5 heterocycles. The maximum atomic E-state index is 14.3. The summed E-state index contributed by atoms with van der Waals surface area (Å²) in [6.07, 6.45) is -3.99. The first-order chi connectivity index (χ1) is 25.6. The third-order valence-corrected chi connectivity index (χ3v) is 9.07. The molecule has 0 bridgehead atoms. The van der Waals surface area contributed by atoms with Gasteiger partial charge in [0.05, 0.1) is 35.5 Å². The van der Waals surface area contributed by atoms with Crippen LogP contribution in [0.25, 0.3) is 17.3 Å². The van der Waals surface area contributed by atoms with Gasteiger partial charge in [-0.1, -0.05) is 18.2 Å². The molecule has 2 amide bonds. The quantitative estimate of drug-likeness (QED) is 0.176. The molecule has 1 fully saturated rings. The van der Waals surface area contributed by atoms with E-state index in [0.29, 0.717) is 28.8 Å². The number of carbonyl (C=O) groups is 2. The zero-order valence-corrected chi connectivity index (χ0v) is 27.8. The number of guanidine groups is 1. The number of hydrogen-bond acceptors (Lipinski definition) is 8. The summed E-state index contributed by atoms with van der Waals surface area (Å²) in [5.74, 6) is -2.50. The Morgan fingerprint density at radius 1 is 0.963 bits per heavy atom. The summed E-state index contributed by atoms with van der Waals surface area (Å²) >= 11 is 0. The number of alkyl halides is 6. The first-order valence-corrected chi connectivity index (χ1v) is 16.3. The van der Waals surface area contributed by atoms with Crippen molar-refractivity contribution in [1.29, 1.82) is 5.41 Å². The number of hydrogen-bond donors (Lipinski definition) is 2. The number of benzene rings is 2. The topological polar surface area (TPSA) is 146 Å². The molecule has 0 aliphatic carbocycles. The van der Waals surface area contributed by atoms with Crippen LogP contribution in [0.1, 0.15) is 57.6 Å². The second kappa shape index (κ2) is 13.6. The maximum Gasteiger partial charge on any atom is 0.417 e. The molecule has 278 valence electrons. The zero-order chi connectivity index (χ0) is 38.4. The van der Waals surface area contributed by atoms with E-state index in [2.05, 4.69) is 30.4 Å². The van der Waals surface area contributed by atoms with E-state index >= 15 is 0 Å². The van der Waals surface area contributed by atoms with Crippen LogP contribution in [0.5, 0.6) is 0 Å². The predicted molar refractivity (Wildman–Crippen MR) is 175 cm³/mol. The molecule has 12 nitrogen and oxygen atoms in total. The van der Waals surface area contributed by atoms with E-state index in [4.69, 9.17) is 5.41 Å². The summed E-state index contributed by atoms with van der Waals surface area (Å²) in [5, 5.41) is 15.2. The molecule has 0 radical (unpaired) electrons. The lowest BCUT2D eigenvalue weighted by atomic mass is 9.84. The highest BCUT2D eigenvalue weighted by molar-refractivity contribution is 6.08. The lowest BCUT2D eigenvalue weighted by Gasteiger charge is -2.28. The Morgan fingerprint density at radius 2 is 1.70 bits per heavy atom. The van der Waals surface area contributed by atoms with Crippen LogP contribution in [-0.2, 0) is 36.1 Å². The van der Waals surface area contributed by atoms with Gasteiger partial charge in [0.25, 0.3) is 11.8 Å². The monoisotopic (exact) mass is 752 g/mol. The Bertz CT molecular complexity index is 2230. The van der Waals surface area contributed by atoms with Gasteiger partial charge in [0.1, 0.15) is 11.4 Å². The minimum absolute atomic E-state index is 0.0359. The molecule has 3 aromatic heterocycles. The van der Waals surface area contributed by atoms with Crippen LogP contribution in [0.15, 0.2) is 79.5 Å². The number of nitrogens with zero attached hydrogens (tertiary/aromatic N) is 8. The van der Waals surface area contributed by atoms with Gasteiger partial charge in [-0.3, -0.25) is 19.9 Å². The van der Waals surface area contributed by atoms with Crippen molar-refractivity contribution in [2.24, 2.45) is 0 Å². The molecular weight excluding hydrogens is 725 g/mol. The number of rotatable bonds is 9. The molecule has 1 atom stereocenters. The molecule has 0 spiro atoms. The highest BCUT2D eigenvalue weighted by Crippen LogP contribution is 2.38. The standard InChI is InChI=1S/C35H27F7N10O2/c36-24-6-4-23(5-7-24)33(9-1-10-34(37,38)39)30(54)51(31(43)49-33)17-20-3-8-26(35(40,41)42)25(13-20)29(53)50-18-22-16-44-28(48-27(22)19-50)21-14-45-32(46-15-21)52-12-2-11-47-52/h2-8,11-16H,1,9-10,17-19H2,(H2,43,49)/t33-/m1/s1. The van der Waals surface area contributed by atoms with Crippen LogP contribution < -0.4 is 5.32 Å². The molecular formula is C35H27F7N10O2. The van der Waals surface area contributed by atoms with Crippen molar-refractivity contribution in [3.8, 4) is 17.3 Å². The number of carbonyl (C=O) groups excluding carboxylic acids is 2. The number of fused-ring (bicyclic) bond motifs is 1. The van der Waals surface area contributed by atoms with E-state index < -0.39 is 78.4 Å². The predicted octanol–water partition coefficient (Wildman–Crippen LogP) is 5.93. The van der Waals surface area contributed by atoms with E-state index in [9.17, 15) is 40.3 Å². The Balaban J connectivity index is 1.13. The van der Waals surface area contributed by atoms with Crippen LogP contribution in [-0.4, -0.2) is 63.5 Å². The van der Waals surface area contributed by atoms with Crippen LogP contribution in [0.4, 0.5) is 30.7 Å². The largest absolute Gasteiger partial charge is 0.417 e. The molecule has 2 N–H and O–H groups in total. The highest BCUT2D eigenvalue weighted by atomic mass is 19.4. The van der Waals surface area contributed by atoms with E-state index in [-0.39, 0.29) is 30.0 Å². The van der Waals surface area contributed by atoms with Crippen LogP contribution >= 0.6 is 0 Å². The summed E-state index contributed by atoms with van der Waals surface area (Å²) in [5.41, 5.74) is -2.33. The molecule has 2 aromatic carbocycles. The molecule has 7 rings (SSSR count). The van der Waals surface area contributed by atoms with Crippen molar-refractivity contribution in [1.82, 2.24) is 44.8 Å². The maximum absolute atomic E-state index is 14.3. The van der Waals surface area contributed by atoms with Gasteiger partial charge in [-0.2, -0.15) is 31.4 Å². The normalized spacial score (nSPS) is 17.2. The Hall–Kier alpha value is -6.27. The molecule has 0 saturated carbocycles. The van der Waals surface area contributed by atoms with Crippen LogP contribution in [0.3, 0.4) is 0 Å². The zero-order valence-electron chi connectivity index (χ0n) is 27.8. The molecule has 2 aliphatic rings. The summed E-state index contributed by atoms with van der Waals surface area (Å²) in [7, 11) is 0.